The van der Waals surface area contributed by atoms with Crippen molar-refractivity contribution in [2.24, 2.45) is 5.10 Å². The fourth-order valence-electron chi connectivity index (χ4n) is 0.883. The van der Waals surface area contributed by atoms with Gasteiger partial charge < -0.3 is 5.11 Å². The van der Waals surface area contributed by atoms with Gasteiger partial charge in [-0.25, -0.2) is 0 Å². The molecule has 2 N–H and O–H groups in total. The number of hydrogen-bond donors (Lipinski definition) is 2. The van der Waals surface area contributed by atoms with Gasteiger partial charge in [-0.3, -0.25) is 5.43 Å². The lowest BCUT2D eigenvalue weighted by Gasteiger charge is -2.01. The van der Waals surface area contributed by atoms with Gasteiger partial charge in [0.25, 0.3) is 0 Å². The average molecular weight is 178 g/mol. The minimum absolute atomic E-state index is 0.0103. The van der Waals surface area contributed by atoms with Crippen LogP contribution in [-0.2, 0) is 0 Å². The Hall–Kier alpha value is -1.35. The number of anilines is 1. The van der Waals surface area contributed by atoms with Gasteiger partial charge >= 0.3 is 0 Å². The number of nitrogens with zero attached hydrogens (tertiary/aromatic N) is 1. The maximum absolute atomic E-state index is 8.83. The van der Waals surface area contributed by atoms with Crippen molar-refractivity contribution in [3.8, 4) is 0 Å². The molecule has 0 saturated carbocycles. The van der Waals surface area contributed by atoms with Crippen LogP contribution >= 0.6 is 0 Å². The van der Waals surface area contributed by atoms with Crippen molar-refractivity contribution in [2.75, 3.05) is 12.0 Å². The maximum Gasteiger partial charge on any atom is 0.0831 e. The third kappa shape index (κ3) is 3.25. The molecule has 0 fully saturated rings. The molecule has 0 heterocycles. The Kier molecular flexibility index (Phi) is 3.99. The fraction of sp³-hybridized carbons (Fsp3) is 0.300. The van der Waals surface area contributed by atoms with Gasteiger partial charge in [-0.1, -0.05) is 25.1 Å². The van der Waals surface area contributed by atoms with Gasteiger partial charge in [-0.05, 0) is 18.6 Å². The standard InChI is InChI=1S/C10H14N2O/c1-2-9(8-13)11-12-10-6-4-3-5-7-10/h3-7,12-13H,2,8H2,1H3. The molecular formula is C10H14N2O. The van der Waals surface area contributed by atoms with Crippen LogP contribution in [0.1, 0.15) is 13.3 Å². The number of benzene rings is 1. The third-order valence-corrected chi connectivity index (χ3v) is 1.71. The van der Waals surface area contributed by atoms with E-state index in [4.69, 9.17) is 5.11 Å². The monoisotopic (exact) mass is 178 g/mol. The Morgan fingerprint density at radius 2 is 2.08 bits per heavy atom. The van der Waals surface area contributed by atoms with Gasteiger partial charge in [0.1, 0.15) is 0 Å². The van der Waals surface area contributed by atoms with Crippen molar-refractivity contribution in [1.82, 2.24) is 0 Å². The first kappa shape index (κ1) is 9.74. The summed E-state index contributed by atoms with van der Waals surface area (Å²) < 4.78 is 0. The van der Waals surface area contributed by atoms with E-state index in [9.17, 15) is 0 Å². The molecule has 1 aromatic carbocycles. The molecule has 1 rings (SSSR count). The first-order valence-corrected chi connectivity index (χ1v) is 4.34. The number of aliphatic hydroxyl groups is 1. The topological polar surface area (TPSA) is 44.6 Å². The molecule has 70 valence electrons. The van der Waals surface area contributed by atoms with Crippen LogP contribution in [0.15, 0.2) is 35.4 Å². The molecule has 0 radical (unpaired) electrons. The molecule has 0 aliphatic carbocycles. The van der Waals surface area contributed by atoms with E-state index in [1.54, 1.807) is 0 Å². The largest absolute Gasteiger partial charge is 0.390 e. The molecule has 0 saturated heterocycles. The van der Waals surface area contributed by atoms with Gasteiger partial charge in [0.2, 0.25) is 0 Å². The van der Waals surface area contributed by atoms with Crippen LogP contribution < -0.4 is 5.43 Å². The van der Waals surface area contributed by atoms with Crippen LogP contribution in [-0.4, -0.2) is 17.4 Å². The molecule has 0 bridgehead atoms. The highest BCUT2D eigenvalue weighted by atomic mass is 16.3. The van der Waals surface area contributed by atoms with E-state index in [0.29, 0.717) is 0 Å². The van der Waals surface area contributed by atoms with Crippen molar-refractivity contribution >= 4 is 11.4 Å². The van der Waals surface area contributed by atoms with Gasteiger partial charge in [0.15, 0.2) is 0 Å². The number of aliphatic hydroxyl groups excluding tert-OH is 1. The summed E-state index contributed by atoms with van der Waals surface area (Å²) in [5.41, 5.74) is 4.56. The second-order valence-electron chi connectivity index (χ2n) is 2.67. The minimum atomic E-state index is 0.0103. The van der Waals surface area contributed by atoms with Crippen LogP contribution in [0, 0.1) is 0 Å². The van der Waals surface area contributed by atoms with Gasteiger partial charge in [0.05, 0.1) is 18.0 Å². The van der Waals surface area contributed by atoms with E-state index in [0.717, 1.165) is 17.8 Å². The Bertz CT molecular complexity index is 264. The molecule has 1 aromatic rings. The highest BCUT2D eigenvalue weighted by molar-refractivity contribution is 5.85. The number of hydrazone groups is 1. The predicted molar refractivity (Wildman–Crippen MR) is 54.9 cm³/mol. The number of nitrogens with one attached hydrogen (secondary N) is 1. The highest BCUT2D eigenvalue weighted by Crippen LogP contribution is 2.04. The van der Waals surface area contributed by atoms with E-state index in [1.165, 1.54) is 0 Å². The van der Waals surface area contributed by atoms with Crippen LogP contribution in [0.4, 0.5) is 5.69 Å². The molecule has 13 heavy (non-hydrogen) atoms. The summed E-state index contributed by atoms with van der Waals surface area (Å²) in [5.74, 6) is 0. The Labute approximate surface area is 78.1 Å². The SMILES string of the molecule is CCC(CO)=NNc1ccccc1. The zero-order chi connectivity index (χ0) is 9.52. The molecule has 0 unspecified atom stereocenters. The number of rotatable bonds is 4. The predicted octanol–water partition coefficient (Wildman–Crippen LogP) is 1.86. The van der Waals surface area contributed by atoms with Crippen LogP contribution in [0.3, 0.4) is 0 Å². The molecule has 3 heteroatoms. The van der Waals surface area contributed by atoms with Crippen molar-refractivity contribution in [1.29, 1.82) is 0 Å². The smallest absolute Gasteiger partial charge is 0.0831 e. The van der Waals surface area contributed by atoms with E-state index < -0.39 is 0 Å². The summed E-state index contributed by atoms with van der Waals surface area (Å²) in [7, 11) is 0. The molecule has 0 spiro atoms. The average Bonchev–Trinajstić information content (AvgIpc) is 2.21. The Balaban J connectivity index is 2.55. The molecule has 0 atom stereocenters. The van der Waals surface area contributed by atoms with Crippen molar-refractivity contribution in [3.05, 3.63) is 30.3 Å². The molecule has 3 nitrogen and oxygen atoms in total. The van der Waals surface area contributed by atoms with E-state index in [-0.39, 0.29) is 6.61 Å². The first-order chi connectivity index (χ1) is 6.36. The summed E-state index contributed by atoms with van der Waals surface area (Å²) in [5, 5.41) is 12.9. The molecule has 0 aromatic heterocycles. The summed E-state index contributed by atoms with van der Waals surface area (Å²) in [6.45, 7) is 1.97. The lowest BCUT2D eigenvalue weighted by Crippen LogP contribution is -2.05. The minimum Gasteiger partial charge on any atom is -0.390 e. The maximum atomic E-state index is 8.83. The highest BCUT2D eigenvalue weighted by Gasteiger charge is 1.92. The summed E-state index contributed by atoms with van der Waals surface area (Å²) in [6, 6.07) is 9.66. The Morgan fingerprint density at radius 1 is 1.38 bits per heavy atom. The zero-order valence-corrected chi connectivity index (χ0v) is 7.70. The molecular weight excluding hydrogens is 164 g/mol. The van der Waals surface area contributed by atoms with Gasteiger partial charge in [-0.2, -0.15) is 5.10 Å². The van der Waals surface area contributed by atoms with Crippen molar-refractivity contribution < 1.29 is 5.11 Å². The normalized spacial score (nSPS) is 11.4. The molecule has 0 aliphatic rings. The fourth-order valence-corrected chi connectivity index (χ4v) is 0.883. The second kappa shape index (κ2) is 5.32. The summed E-state index contributed by atoms with van der Waals surface area (Å²) >= 11 is 0. The van der Waals surface area contributed by atoms with Crippen LogP contribution in [0.2, 0.25) is 0 Å². The third-order valence-electron chi connectivity index (χ3n) is 1.71. The van der Waals surface area contributed by atoms with Crippen LogP contribution in [0.25, 0.3) is 0 Å². The Morgan fingerprint density at radius 3 is 2.62 bits per heavy atom. The second-order valence-corrected chi connectivity index (χ2v) is 2.67. The van der Waals surface area contributed by atoms with Crippen molar-refractivity contribution in [2.45, 2.75) is 13.3 Å². The number of hydrogen-bond acceptors (Lipinski definition) is 3. The van der Waals surface area contributed by atoms with Gasteiger partial charge in [-0.15, -0.1) is 0 Å². The van der Waals surface area contributed by atoms with E-state index in [2.05, 4.69) is 10.5 Å². The quantitative estimate of drug-likeness (QED) is 0.546. The molecule has 0 aliphatic heterocycles. The number of para-hydroxylation sites is 1. The van der Waals surface area contributed by atoms with Gasteiger partial charge in [0, 0.05) is 0 Å². The summed E-state index contributed by atoms with van der Waals surface area (Å²) in [6.07, 6.45) is 0.760. The molecule has 0 amide bonds. The lowest BCUT2D eigenvalue weighted by atomic mass is 10.3. The zero-order valence-electron chi connectivity index (χ0n) is 7.70. The van der Waals surface area contributed by atoms with E-state index in [1.807, 2.05) is 37.3 Å². The first-order valence-electron chi connectivity index (χ1n) is 4.34. The van der Waals surface area contributed by atoms with Crippen LogP contribution in [0.5, 0.6) is 0 Å². The lowest BCUT2D eigenvalue weighted by molar-refractivity contribution is 0.355. The summed E-state index contributed by atoms with van der Waals surface area (Å²) in [4.78, 5) is 0. The van der Waals surface area contributed by atoms with Crippen molar-refractivity contribution in [3.63, 3.8) is 0 Å². The van der Waals surface area contributed by atoms with E-state index >= 15 is 0 Å².